The van der Waals surface area contributed by atoms with Crippen molar-refractivity contribution in [2.45, 2.75) is 66.5 Å². The fourth-order valence-corrected chi connectivity index (χ4v) is 2.25. The smallest absolute Gasteiger partial charge is 0.317 e. The molecule has 0 aromatic rings. The molecule has 1 saturated heterocycles. The van der Waals surface area contributed by atoms with Gasteiger partial charge in [0.2, 0.25) is 5.91 Å². The van der Waals surface area contributed by atoms with E-state index in [9.17, 15) is 9.59 Å². The molecule has 3 amide bonds. The van der Waals surface area contributed by atoms with E-state index in [1.807, 2.05) is 27.7 Å². The van der Waals surface area contributed by atoms with Crippen LogP contribution in [0.2, 0.25) is 0 Å². The van der Waals surface area contributed by atoms with E-state index in [1.54, 1.807) is 4.90 Å². The molecule has 1 unspecified atom stereocenters. The lowest BCUT2D eigenvalue weighted by molar-refractivity contribution is -0.132. The molecule has 0 aromatic carbocycles. The molecule has 2 N–H and O–H groups in total. The van der Waals surface area contributed by atoms with Gasteiger partial charge in [0.1, 0.15) is 0 Å². The van der Waals surface area contributed by atoms with Crippen molar-refractivity contribution < 1.29 is 9.59 Å². The molecule has 0 bridgehead atoms. The number of carbonyl (C=O) groups is 2. The van der Waals surface area contributed by atoms with Crippen LogP contribution in [0.4, 0.5) is 4.79 Å². The monoisotopic (exact) mass is 297 g/mol. The Labute approximate surface area is 128 Å². The second-order valence-corrected chi connectivity index (χ2v) is 7.24. The summed E-state index contributed by atoms with van der Waals surface area (Å²) in [6.45, 7) is 13.3. The van der Waals surface area contributed by atoms with Crippen molar-refractivity contribution in [1.29, 1.82) is 0 Å². The summed E-state index contributed by atoms with van der Waals surface area (Å²) in [6.07, 6.45) is 1.87. The van der Waals surface area contributed by atoms with Crippen LogP contribution >= 0.6 is 0 Å². The molecule has 0 radical (unpaired) electrons. The van der Waals surface area contributed by atoms with Gasteiger partial charge in [-0.2, -0.15) is 0 Å². The van der Waals surface area contributed by atoms with Crippen molar-refractivity contribution in [3.63, 3.8) is 0 Å². The van der Waals surface area contributed by atoms with E-state index in [2.05, 4.69) is 24.5 Å². The third kappa shape index (κ3) is 4.90. The van der Waals surface area contributed by atoms with Gasteiger partial charge in [-0.3, -0.25) is 4.79 Å². The summed E-state index contributed by atoms with van der Waals surface area (Å²) in [6, 6.07) is 0.154. The third-order valence-electron chi connectivity index (χ3n) is 4.48. The Morgan fingerprint density at radius 1 is 1.19 bits per heavy atom. The average molecular weight is 297 g/mol. The van der Waals surface area contributed by atoms with E-state index in [0.29, 0.717) is 6.54 Å². The van der Waals surface area contributed by atoms with Crippen LogP contribution in [0.25, 0.3) is 0 Å². The summed E-state index contributed by atoms with van der Waals surface area (Å²) in [7, 11) is 0. The Morgan fingerprint density at radius 2 is 1.81 bits per heavy atom. The fourth-order valence-electron chi connectivity index (χ4n) is 2.25. The van der Waals surface area contributed by atoms with Gasteiger partial charge in [-0.15, -0.1) is 0 Å². The Hall–Kier alpha value is -1.26. The summed E-state index contributed by atoms with van der Waals surface area (Å²) in [4.78, 5) is 26.2. The second-order valence-electron chi connectivity index (χ2n) is 7.24. The minimum absolute atomic E-state index is 0.0351. The van der Waals surface area contributed by atoms with Crippen LogP contribution in [0.3, 0.4) is 0 Å². The van der Waals surface area contributed by atoms with Crippen LogP contribution < -0.4 is 10.6 Å². The minimum atomic E-state index is -0.386. The molecule has 1 atom stereocenters. The summed E-state index contributed by atoms with van der Waals surface area (Å²) in [5.74, 6) is 0.357. The van der Waals surface area contributed by atoms with Crippen LogP contribution in [-0.4, -0.2) is 42.0 Å². The number of likely N-dealkylation sites (tertiary alicyclic amines) is 1. The molecule has 0 aliphatic carbocycles. The molecule has 1 fully saturated rings. The molecule has 0 saturated carbocycles. The zero-order chi connectivity index (χ0) is 16.2. The van der Waals surface area contributed by atoms with Crippen LogP contribution in [-0.2, 0) is 4.79 Å². The van der Waals surface area contributed by atoms with Crippen molar-refractivity contribution in [1.82, 2.24) is 15.5 Å². The maximum Gasteiger partial charge on any atom is 0.317 e. The maximum absolute atomic E-state index is 12.4. The molecule has 122 valence electrons. The van der Waals surface area contributed by atoms with Crippen molar-refractivity contribution >= 4 is 11.9 Å². The zero-order valence-corrected chi connectivity index (χ0v) is 14.3. The predicted molar refractivity (Wildman–Crippen MR) is 85.0 cm³/mol. The van der Waals surface area contributed by atoms with E-state index >= 15 is 0 Å². The molecule has 0 aromatic heterocycles. The Bertz CT molecular complexity index is 378. The van der Waals surface area contributed by atoms with E-state index < -0.39 is 0 Å². The topological polar surface area (TPSA) is 61.4 Å². The number of piperidine rings is 1. The first-order valence-corrected chi connectivity index (χ1v) is 8.01. The second kappa shape index (κ2) is 7.14. The van der Waals surface area contributed by atoms with Gasteiger partial charge in [0.05, 0.1) is 0 Å². The summed E-state index contributed by atoms with van der Waals surface area (Å²) in [5, 5.41) is 6.03. The highest BCUT2D eigenvalue weighted by atomic mass is 16.2. The maximum atomic E-state index is 12.4. The average Bonchev–Trinajstić information content (AvgIpc) is 2.37. The molecule has 1 aliphatic heterocycles. The van der Waals surface area contributed by atoms with Crippen LogP contribution in [0, 0.1) is 11.3 Å². The molecule has 1 rings (SSSR count). The number of hydrogen-bond acceptors (Lipinski definition) is 2. The molecule has 5 heteroatoms. The van der Waals surface area contributed by atoms with Gasteiger partial charge in [0.15, 0.2) is 0 Å². The number of nitrogens with zero attached hydrogens (tertiary/aromatic N) is 1. The zero-order valence-electron chi connectivity index (χ0n) is 14.3. The molecule has 5 nitrogen and oxygen atoms in total. The van der Waals surface area contributed by atoms with Crippen molar-refractivity contribution in [2.24, 2.45) is 11.3 Å². The summed E-state index contributed by atoms with van der Waals surface area (Å²) in [5.41, 5.74) is -0.386. The largest absolute Gasteiger partial charge is 0.351 e. The number of carbonyl (C=O) groups excluding carboxylic acids is 2. The predicted octanol–water partition coefficient (Wildman–Crippen LogP) is 2.37. The molecule has 1 heterocycles. The van der Waals surface area contributed by atoms with Gasteiger partial charge in [-0.25, -0.2) is 4.79 Å². The Morgan fingerprint density at radius 3 is 2.33 bits per heavy atom. The molecule has 0 spiro atoms. The van der Waals surface area contributed by atoms with Gasteiger partial charge in [-0.1, -0.05) is 27.7 Å². The Kier molecular flexibility index (Phi) is 6.05. The van der Waals surface area contributed by atoms with Gasteiger partial charge < -0.3 is 15.5 Å². The number of hydrogen-bond donors (Lipinski definition) is 2. The molecular formula is C16H31N3O2. The number of urea groups is 1. The highest BCUT2D eigenvalue weighted by molar-refractivity contribution is 5.82. The van der Waals surface area contributed by atoms with Gasteiger partial charge in [0.25, 0.3) is 0 Å². The van der Waals surface area contributed by atoms with Crippen molar-refractivity contribution in [3.05, 3.63) is 0 Å². The van der Waals surface area contributed by atoms with Crippen LogP contribution in [0.1, 0.15) is 54.4 Å². The number of rotatable bonds is 4. The van der Waals surface area contributed by atoms with Crippen LogP contribution in [0.15, 0.2) is 0 Å². The minimum Gasteiger partial charge on any atom is -0.351 e. The normalized spacial score (nSPS) is 19.8. The fraction of sp³-hybridized carbons (Fsp3) is 0.875. The first-order valence-electron chi connectivity index (χ1n) is 8.01. The number of amides is 3. The third-order valence-corrected chi connectivity index (χ3v) is 4.48. The molecular weight excluding hydrogens is 266 g/mol. The highest BCUT2D eigenvalue weighted by Crippen LogP contribution is 2.26. The summed E-state index contributed by atoms with van der Waals surface area (Å²) >= 11 is 0. The molecule has 1 aliphatic rings. The summed E-state index contributed by atoms with van der Waals surface area (Å²) < 4.78 is 0. The van der Waals surface area contributed by atoms with Crippen molar-refractivity contribution in [3.8, 4) is 0 Å². The van der Waals surface area contributed by atoms with Gasteiger partial charge >= 0.3 is 6.03 Å². The Balaban J connectivity index is 2.57. The quantitative estimate of drug-likeness (QED) is 0.837. The standard InChI is InChI=1S/C16H31N3O2/c1-11(2)16(5,6)14(20)18-13-8-7-9-19(10-13)15(21)17-12(3)4/h11-13H,7-10H2,1-6H3,(H,17,21)(H,18,20). The van der Waals surface area contributed by atoms with E-state index in [4.69, 9.17) is 0 Å². The van der Waals surface area contributed by atoms with Crippen molar-refractivity contribution in [2.75, 3.05) is 13.1 Å². The SMILES string of the molecule is CC(C)NC(=O)N1CCCC(NC(=O)C(C)(C)C(C)C)C1. The molecule has 21 heavy (non-hydrogen) atoms. The first kappa shape index (κ1) is 17.8. The lowest BCUT2D eigenvalue weighted by atomic mass is 9.80. The van der Waals surface area contributed by atoms with E-state index in [-0.39, 0.29) is 35.4 Å². The highest BCUT2D eigenvalue weighted by Gasteiger charge is 2.34. The van der Waals surface area contributed by atoms with Crippen LogP contribution in [0.5, 0.6) is 0 Å². The van der Waals surface area contributed by atoms with E-state index in [0.717, 1.165) is 19.4 Å². The van der Waals surface area contributed by atoms with E-state index in [1.165, 1.54) is 0 Å². The van der Waals surface area contributed by atoms with Gasteiger partial charge in [0, 0.05) is 30.6 Å². The first-order chi connectivity index (χ1) is 9.64. The van der Waals surface area contributed by atoms with Gasteiger partial charge in [-0.05, 0) is 32.6 Å². The lowest BCUT2D eigenvalue weighted by Crippen LogP contribution is -2.55. The number of nitrogens with one attached hydrogen (secondary N) is 2. The lowest BCUT2D eigenvalue weighted by Gasteiger charge is -2.36.